The summed E-state index contributed by atoms with van der Waals surface area (Å²) in [6.07, 6.45) is 2.07. The number of benzene rings is 1. The summed E-state index contributed by atoms with van der Waals surface area (Å²) in [5.74, 6) is 2.13. The van der Waals surface area contributed by atoms with Crippen LogP contribution in [0.3, 0.4) is 0 Å². The maximum atomic E-state index is 6.31. The van der Waals surface area contributed by atoms with Crippen LogP contribution in [0.4, 0.5) is 0 Å². The topological polar surface area (TPSA) is 53.7 Å². The van der Waals surface area contributed by atoms with E-state index < -0.39 is 0 Å². The van der Waals surface area contributed by atoms with Crippen LogP contribution in [0.5, 0.6) is 11.5 Å². The first-order valence-electron chi connectivity index (χ1n) is 6.07. The number of hydrogen-bond acceptors (Lipinski definition) is 4. The van der Waals surface area contributed by atoms with Gasteiger partial charge in [-0.2, -0.15) is 0 Å². The Morgan fingerprint density at radius 3 is 2.61 bits per heavy atom. The minimum atomic E-state index is 0. The van der Waals surface area contributed by atoms with Gasteiger partial charge in [0.25, 0.3) is 0 Å². The van der Waals surface area contributed by atoms with Crippen LogP contribution in [0.2, 0.25) is 0 Å². The van der Waals surface area contributed by atoms with Crippen molar-refractivity contribution in [2.75, 3.05) is 20.0 Å². The third kappa shape index (κ3) is 2.55. The summed E-state index contributed by atoms with van der Waals surface area (Å²) in [6, 6.07) is 6.04. The average Bonchev–Trinajstić information content (AvgIpc) is 2.86. The number of halogens is 1. The first-order valence-corrected chi connectivity index (χ1v) is 6.07. The van der Waals surface area contributed by atoms with Gasteiger partial charge in [0, 0.05) is 19.3 Å². The van der Waals surface area contributed by atoms with Gasteiger partial charge >= 0.3 is 0 Å². The highest BCUT2D eigenvalue weighted by atomic mass is 35.5. The van der Waals surface area contributed by atoms with Crippen LogP contribution in [-0.4, -0.2) is 20.0 Å². The summed E-state index contributed by atoms with van der Waals surface area (Å²) in [6.45, 7) is 1.96. The Kier molecular flexibility index (Phi) is 4.32. The Morgan fingerprint density at radius 2 is 1.83 bits per heavy atom. The molecule has 5 heteroatoms. The van der Waals surface area contributed by atoms with Crippen molar-refractivity contribution in [1.82, 2.24) is 0 Å². The van der Waals surface area contributed by atoms with Crippen LogP contribution in [0.25, 0.3) is 0 Å². The fraction of sp³-hybridized carbons (Fsp3) is 0.538. The van der Waals surface area contributed by atoms with E-state index in [0.717, 1.165) is 43.1 Å². The number of hydrogen-bond donors (Lipinski definition) is 1. The zero-order chi connectivity index (χ0) is 11.7. The minimum Gasteiger partial charge on any atom is -0.454 e. The van der Waals surface area contributed by atoms with Crippen molar-refractivity contribution in [3.8, 4) is 11.5 Å². The highest BCUT2D eigenvalue weighted by Gasteiger charge is 2.24. The van der Waals surface area contributed by atoms with Gasteiger partial charge in [0.05, 0.1) is 0 Å². The Balaban J connectivity index is 0.00000120. The minimum absolute atomic E-state index is 0. The number of ether oxygens (including phenoxy) is 3. The Hall–Kier alpha value is -0.970. The van der Waals surface area contributed by atoms with Gasteiger partial charge < -0.3 is 19.9 Å². The monoisotopic (exact) mass is 271 g/mol. The molecule has 2 N–H and O–H groups in total. The maximum Gasteiger partial charge on any atom is 0.231 e. The van der Waals surface area contributed by atoms with Crippen molar-refractivity contribution in [3.63, 3.8) is 0 Å². The van der Waals surface area contributed by atoms with Crippen LogP contribution in [0.1, 0.15) is 24.4 Å². The summed E-state index contributed by atoms with van der Waals surface area (Å²) >= 11 is 0. The number of fused-ring (bicyclic) bond motifs is 1. The van der Waals surface area contributed by atoms with E-state index in [1.807, 2.05) is 18.2 Å². The van der Waals surface area contributed by atoms with Crippen molar-refractivity contribution in [2.24, 2.45) is 11.7 Å². The second kappa shape index (κ2) is 5.78. The first kappa shape index (κ1) is 13.5. The second-order valence-electron chi connectivity index (χ2n) is 4.59. The predicted molar refractivity (Wildman–Crippen MR) is 70.3 cm³/mol. The van der Waals surface area contributed by atoms with E-state index in [-0.39, 0.29) is 18.4 Å². The zero-order valence-corrected chi connectivity index (χ0v) is 10.9. The normalized spacial score (nSPS) is 20.3. The predicted octanol–water partition coefficient (Wildman–Crippen LogP) is 2.26. The molecule has 1 atom stereocenters. The Morgan fingerprint density at radius 1 is 1.11 bits per heavy atom. The molecule has 1 fully saturated rings. The van der Waals surface area contributed by atoms with E-state index in [0.29, 0.717) is 12.7 Å². The average molecular weight is 272 g/mol. The molecule has 0 aromatic heterocycles. The quantitative estimate of drug-likeness (QED) is 0.896. The largest absolute Gasteiger partial charge is 0.454 e. The molecule has 1 aromatic carbocycles. The molecule has 2 aliphatic heterocycles. The molecule has 100 valence electrons. The maximum absolute atomic E-state index is 6.31. The summed E-state index contributed by atoms with van der Waals surface area (Å²) in [7, 11) is 0. The van der Waals surface area contributed by atoms with Gasteiger partial charge in [-0.05, 0) is 36.5 Å². The molecule has 0 bridgehead atoms. The molecule has 2 heterocycles. The van der Waals surface area contributed by atoms with Crippen LogP contribution >= 0.6 is 12.4 Å². The van der Waals surface area contributed by atoms with Crippen LogP contribution in [-0.2, 0) is 4.74 Å². The molecule has 0 unspecified atom stereocenters. The van der Waals surface area contributed by atoms with E-state index in [4.69, 9.17) is 19.9 Å². The summed E-state index contributed by atoms with van der Waals surface area (Å²) < 4.78 is 16.0. The second-order valence-corrected chi connectivity index (χ2v) is 4.59. The lowest BCUT2D eigenvalue weighted by atomic mass is 9.88. The van der Waals surface area contributed by atoms with Crippen LogP contribution < -0.4 is 15.2 Å². The smallest absolute Gasteiger partial charge is 0.231 e. The van der Waals surface area contributed by atoms with Gasteiger partial charge in [-0.25, -0.2) is 0 Å². The molecule has 0 aliphatic carbocycles. The van der Waals surface area contributed by atoms with Crippen molar-refractivity contribution in [2.45, 2.75) is 18.9 Å². The molecule has 2 aliphatic rings. The highest BCUT2D eigenvalue weighted by Crippen LogP contribution is 2.36. The SMILES string of the molecule is Cl.N[C@@H](c1ccc2c(c1)OCO2)C1CCOCC1. The molecule has 0 spiro atoms. The fourth-order valence-corrected chi connectivity index (χ4v) is 2.47. The number of rotatable bonds is 2. The summed E-state index contributed by atoms with van der Waals surface area (Å²) in [5.41, 5.74) is 7.44. The Bertz CT molecular complexity index is 407. The lowest BCUT2D eigenvalue weighted by Gasteiger charge is -2.27. The lowest BCUT2D eigenvalue weighted by molar-refractivity contribution is 0.0583. The highest BCUT2D eigenvalue weighted by molar-refractivity contribution is 5.85. The van der Waals surface area contributed by atoms with E-state index >= 15 is 0 Å². The molecule has 1 saturated heterocycles. The van der Waals surface area contributed by atoms with Crippen molar-refractivity contribution < 1.29 is 14.2 Å². The van der Waals surface area contributed by atoms with Gasteiger partial charge in [0.1, 0.15) is 0 Å². The van der Waals surface area contributed by atoms with E-state index in [9.17, 15) is 0 Å². The third-order valence-corrected chi connectivity index (χ3v) is 3.56. The van der Waals surface area contributed by atoms with E-state index in [2.05, 4.69) is 0 Å². The van der Waals surface area contributed by atoms with Gasteiger partial charge in [-0.3, -0.25) is 0 Å². The molecule has 0 saturated carbocycles. The van der Waals surface area contributed by atoms with E-state index in [1.165, 1.54) is 0 Å². The molecule has 4 nitrogen and oxygen atoms in total. The third-order valence-electron chi connectivity index (χ3n) is 3.56. The lowest BCUT2D eigenvalue weighted by Crippen LogP contribution is -2.27. The van der Waals surface area contributed by atoms with Gasteiger partial charge in [0.15, 0.2) is 11.5 Å². The zero-order valence-electron chi connectivity index (χ0n) is 10.1. The van der Waals surface area contributed by atoms with Gasteiger partial charge in [0.2, 0.25) is 6.79 Å². The molecule has 1 aromatic rings. The Labute approximate surface area is 113 Å². The fourth-order valence-electron chi connectivity index (χ4n) is 2.47. The summed E-state index contributed by atoms with van der Waals surface area (Å²) in [5, 5.41) is 0. The van der Waals surface area contributed by atoms with Crippen molar-refractivity contribution in [1.29, 1.82) is 0 Å². The molecule has 0 radical (unpaired) electrons. The first-order chi connectivity index (χ1) is 8.34. The molecular weight excluding hydrogens is 254 g/mol. The van der Waals surface area contributed by atoms with E-state index in [1.54, 1.807) is 0 Å². The molecule has 0 amide bonds. The van der Waals surface area contributed by atoms with Crippen molar-refractivity contribution in [3.05, 3.63) is 23.8 Å². The van der Waals surface area contributed by atoms with Crippen LogP contribution in [0, 0.1) is 5.92 Å². The van der Waals surface area contributed by atoms with Crippen LogP contribution in [0.15, 0.2) is 18.2 Å². The van der Waals surface area contributed by atoms with Gasteiger partial charge in [-0.1, -0.05) is 6.07 Å². The number of nitrogens with two attached hydrogens (primary N) is 1. The summed E-state index contributed by atoms with van der Waals surface area (Å²) in [4.78, 5) is 0. The molecule has 18 heavy (non-hydrogen) atoms. The standard InChI is InChI=1S/C13H17NO3.ClH/c14-13(9-3-5-15-6-4-9)10-1-2-11-12(7-10)17-8-16-11;/h1-2,7,9,13H,3-6,8,14H2;1H/t13-;/m1./s1. The van der Waals surface area contributed by atoms with Crippen molar-refractivity contribution >= 4 is 12.4 Å². The molecule has 3 rings (SSSR count). The molecular formula is C13H18ClNO3. The van der Waals surface area contributed by atoms with Gasteiger partial charge in [-0.15, -0.1) is 12.4 Å².